The molecule has 2 fully saturated rings. The molecule has 1 unspecified atom stereocenters. The quantitative estimate of drug-likeness (QED) is 0.861. The first kappa shape index (κ1) is 14.4. The summed E-state index contributed by atoms with van der Waals surface area (Å²) < 4.78 is 1.75. The van der Waals surface area contributed by atoms with E-state index >= 15 is 0 Å². The van der Waals surface area contributed by atoms with E-state index in [1.165, 1.54) is 5.56 Å². The van der Waals surface area contributed by atoms with E-state index in [1.54, 1.807) is 10.9 Å². The number of likely N-dealkylation sites (tertiary alicyclic amines) is 1. The Morgan fingerprint density at radius 1 is 1.22 bits per heavy atom. The molecule has 6 heteroatoms. The van der Waals surface area contributed by atoms with E-state index in [-0.39, 0.29) is 11.3 Å². The Balaban J connectivity index is 1.47. The Morgan fingerprint density at radius 3 is 2.74 bits per heavy atom. The number of hydrogen-bond acceptors (Lipinski definition) is 4. The van der Waals surface area contributed by atoms with Crippen LogP contribution >= 0.6 is 0 Å². The van der Waals surface area contributed by atoms with Gasteiger partial charge in [0.05, 0.1) is 17.3 Å². The van der Waals surface area contributed by atoms with E-state index in [1.807, 2.05) is 42.7 Å². The average molecular weight is 311 g/mol. The van der Waals surface area contributed by atoms with Crippen LogP contribution in [0.25, 0.3) is 0 Å². The third-order valence-corrected chi connectivity index (χ3v) is 5.10. The van der Waals surface area contributed by atoms with E-state index in [0.717, 1.165) is 44.7 Å². The molecule has 23 heavy (non-hydrogen) atoms. The number of amides is 1. The van der Waals surface area contributed by atoms with Crippen molar-refractivity contribution >= 4 is 11.6 Å². The van der Waals surface area contributed by atoms with Crippen molar-refractivity contribution in [2.45, 2.75) is 19.4 Å². The van der Waals surface area contributed by atoms with Crippen LogP contribution < -0.4 is 4.90 Å². The molecular formula is C17H21N5O. The van der Waals surface area contributed by atoms with Crippen LogP contribution in [0, 0.1) is 5.41 Å². The van der Waals surface area contributed by atoms with Crippen molar-refractivity contribution in [1.29, 1.82) is 0 Å². The molecule has 120 valence electrons. The van der Waals surface area contributed by atoms with Gasteiger partial charge in [0.1, 0.15) is 0 Å². The van der Waals surface area contributed by atoms with Crippen LogP contribution in [0.5, 0.6) is 0 Å². The number of pyridine rings is 1. The highest BCUT2D eigenvalue weighted by Gasteiger charge is 2.51. The zero-order chi connectivity index (χ0) is 15.9. The third kappa shape index (κ3) is 2.53. The lowest BCUT2D eigenvalue weighted by atomic mass is 9.85. The van der Waals surface area contributed by atoms with Crippen LogP contribution in [0.3, 0.4) is 0 Å². The maximum absolute atomic E-state index is 13.0. The molecule has 0 bridgehead atoms. The molecule has 2 aliphatic heterocycles. The topological polar surface area (TPSA) is 54.3 Å². The van der Waals surface area contributed by atoms with Gasteiger partial charge >= 0.3 is 0 Å². The lowest BCUT2D eigenvalue weighted by molar-refractivity contribution is -0.125. The highest BCUT2D eigenvalue weighted by atomic mass is 16.2. The van der Waals surface area contributed by atoms with Gasteiger partial charge in [0.2, 0.25) is 5.91 Å². The molecule has 4 rings (SSSR count). The van der Waals surface area contributed by atoms with Crippen molar-refractivity contribution in [2.24, 2.45) is 12.5 Å². The minimum atomic E-state index is -0.205. The van der Waals surface area contributed by atoms with E-state index in [4.69, 9.17) is 0 Å². The number of carbonyl (C=O) groups excluding carboxylic acids is 1. The lowest BCUT2D eigenvalue weighted by Crippen LogP contribution is -2.36. The van der Waals surface area contributed by atoms with Crippen molar-refractivity contribution in [3.8, 4) is 0 Å². The average Bonchev–Trinajstić information content (AvgIpc) is 3.23. The number of anilines is 1. The molecule has 0 radical (unpaired) electrons. The van der Waals surface area contributed by atoms with Gasteiger partial charge in [-0.3, -0.25) is 19.4 Å². The molecular weight excluding hydrogens is 290 g/mol. The molecule has 6 nitrogen and oxygen atoms in total. The van der Waals surface area contributed by atoms with Crippen molar-refractivity contribution in [3.63, 3.8) is 0 Å². The van der Waals surface area contributed by atoms with Crippen molar-refractivity contribution < 1.29 is 4.79 Å². The van der Waals surface area contributed by atoms with E-state index in [0.29, 0.717) is 0 Å². The van der Waals surface area contributed by atoms with Crippen molar-refractivity contribution in [1.82, 2.24) is 19.7 Å². The number of hydrogen-bond donors (Lipinski definition) is 0. The second-order valence-corrected chi connectivity index (χ2v) is 6.68. The molecule has 2 aliphatic rings. The molecule has 1 amide bonds. The monoisotopic (exact) mass is 311 g/mol. The zero-order valence-electron chi connectivity index (χ0n) is 13.4. The number of rotatable bonds is 3. The number of aromatic nitrogens is 3. The summed E-state index contributed by atoms with van der Waals surface area (Å²) in [5, 5.41) is 4.19. The fraction of sp³-hybridized carbons (Fsp3) is 0.471. The third-order valence-electron chi connectivity index (χ3n) is 5.10. The Kier molecular flexibility index (Phi) is 3.41. The Labute approximate surface area is 135 Å². The van der Waals surface area contributed by atoms with E-state index in [2.05, 4.69) is 15.0 Å². The summed E-state index contributed by atoms with van der Waals surface area (Å²) in [7, 11) is 1.88. The number of carbonyl (C=O) groups is 1. The second-order valence-electron chi connectivity index (χ2n) is 6.68. The van der Waals surface area contributed by atoms with Gasteiger partial charge in [-0.25, -0.2) is 0 Å². The van der Waals surface area contributed by atoms with Crippen LogP contribution in [-0.2, 0) is 18.4 Å². The van der Waals surface area contributed by atoms with Gasteiger partial charge in [-0.15, -0.1) is 0 Å². The van der Waals surface area contributed by atoms with Crippen LogP contribution in [0.15, 0.2) is 36.9 Å². The Hall–Kier alpha value is -2.21. The van der Waals surface area contributed by atoms with Gasteiger partial charge < -0.3 is 4.90 Å². The first-order valence-electron chi connectivity index (χ1n) is 8.08. The fourth-order valence-electron chi connectivity index (χ4n) is 3.83. The SMILES string of the molecule is Cn1cc(N2CCC3(CCN(Cc4ccncc4)C3)C2=O)cn1. The minimum Gasteiger partial charge on any atom is -0.309 e. The van der Waals surface area contributed by atoms with Gasteiger partial charge in [0.25, 0.3) is 0 Å². The molecule has 1 spiro atoms. The largest absolute Gasteiger partial charge is 0.309 e. The van der Waals surface area contributed by atoms with Crippen LogP contribution in [0.1, 0.15) is 18.4 Å². The first-order valence-corrected chi connectivity index (χ1v) is 8.08. The zero-order valence-corrected chi connectivity index (χ0v) is 13.4. The summed E-state index contributed by atoms with van der Waals surface area (Å²) in [4.78, 5) is 21.3. The van der Waals surface area contributed by atoms with Crippen molar-refractivity contribution in [2.75, 3.05) is 24.5 Å². The minimum absolute atomic E-state index is 0.205. The maximum atomic E-state index is 13.0. The fourth-order valence-corrected chi connectivity index (χ4v) is 3.83. The lowest BCUT2D eigenvalue weighted by Gasteiger charge is -2.23. The number of nitrogens with zero attached hydrogens (tertiary/aromatic N) is 5. The molecule has 0 N–H and O–H groups in total. The van der Waals surface area contributed by atoms with Crippen LogP contribution in [0.4, 0.5) is 5.69 Å². The Morgan fingerprint density at radius 2 is 2.00 bits per heavy atom. The molecule has 0 aromatic carbocycles. The maximum Gasteiger partial charge on any atom is 0.234 e. The highest BCUT2D eigenvalue weighted by Crippen LogP contribution is 2.42. The van der Waals surface area contributed by atoms with Gasteiger partial charge in [0.15, 0.2) is 0 Å². The second kappa shape index (κ2) is 5.45. The summed E-state index contributed by atoms with van der Waals surface area (Å²) in [5.41, 5.74) is 1.97. The highest BCUT2D eigenvalue weighted by molar-refractivity contribution is 6.00. The van der Waals surface area contributed by atoms with Gasteiger partial charge in [-0.05, 0) is 37.1 Å². The standard InChI is InChI=1S/C17H21N5O/c1-20-12-15(10-19-20)22-9-5-17(16(22)23)4-8-21(13-17)11-14-2-6-18-7-3-14/h2-3,6-7,10,12H,4-5,8-9,11,13H2,1H3. The molecule has 0 aliphatic carbocycles. The van der Waals surface area contributed by atoms with Crippen LogP contribution in [-0.4, -0.2) is 45.2 Å². The Bertz CT molecular complexity index is 713. The van der Waals surface area contributed by atoms with Gasteiger partial charge in [-0.2, -0.15) is 5.10 Å². The van der Waals surface area contributed by atoms with Gasteiger partial charge in [-0.1, -0.05) is 0 Å². The summed E-state index contributed by atoms with van der Waals surface area (Å²) in [5.74, 6) is 0.266. The summed E-state index contributed by atoms with van der Waals surface area (Å²) in [6.07, 6.45) is 9.24. The first-order chi connectivity index (χ1) is 11.2. The summed E-state index contributed by atoms with van der Waals surface area (Å²) in [6.45, 7) is 3.53. The normalized spacial score (nSPS) is 24.9. The smallest absolute Gasteiger partial charge is 0.234 e. The predicted molar refractivity (Wildman–Crippen MR) is 86.7 cm³/mol. The van der Waals surface area contributed by atoms with E-state index < -0.39 is 0 Å². The van der Waals surface area contributed by atoms with E-state index in [9.17, 15) is 4.79 Å². The molecule has 2 saturated heterocycles. The molecule has 2 aromatic rings. The molecule has 4 heterocycles. The van der Waals surface area contributed by atoms with Crippen molar-refractivity contribution in [3.05, 3.63) is 42.5 Å². The predicted octanol–water partition coefficient (Wildman–Crippen LogP) is 1.44. The number of aryl methyl sites for hydroxylation is 1. The summed E-state index contributed by atoms with van der Waals surface area (Å²) >= 11 is 0. The van der Waals surface area contributed by atoms with Gasteiger partial charge in [0, 0.05) is 45.3 Å². The molecule has 2 aromatic heterocycles. The molecule has 1 atom stereocenters. The van der Waals surface area contributed by atoms with Crippen LogP contribution in [0.2, 0.25) is 0 Å². The molecule has 0 saturated carbocycles. The summed E-state index contributed by atoms with van der Waals surface area (Å²) in [6, 6.07) is 4.09.